The third kappa shape index (κ3) is 4.44. The van der Waals surface area contributed by atoms with Gasteiger partial charge in [0, 0.05) is 18.0 Å². The molecule has 0 radical (unpaired) electrons. The van der Waals surface area contributed by atoms with Crippen LogP contribution in [0.15, 0.2) is 24.3 Å². The van der Waals surface area contributed by atoms with Crippen molar-refractivity contribution >= 4 is 17.5 Å². The first-order valence-electron chi connectivity index (χ1n) is 6.50. The van der Waals surface area contributed by atoms with E-state index in [9.17, 15) is 13.6 Å². The van der Waals surface area contributed by atoms with Crippen molar-refractivity contribution in [3.8, 4) is 0 Å². The first-order chi connectivity index (χ1) is 9.27. The van der Waals surface area contributed by atoms with E-state index >= 15 is 0 Å². The van der Waals surface area contributed by atoms with Gasteiger partial charge in [-0.3, -0.25) is 4.79 Å². The number of carbonyl (C=O) groups excluding carboxylic acids is 1. The first kappa shape index (κ1) is 16.9. The molecule has 1 aromatic carbocycles. The van der Waals surface area contributed by atoms with Gasteiger partial charge in [-0.15, -0.1) is 11.6 Å². The highest BCUT2D eigenvalue weighted by Gasteiger charge is 2.25. The monoisotopic (exact) mass is 303 g/mol. The highest BCUT2D eigenvalue weighted by molar-refractivity contribution is 6.18. The second-order valence-corrected chi connectivity index (χ2v) is 6.00. The molecule has 20 heavy (non-hydrogen) atoms. The van der Waals surface area contributed by atoms with E-state index in [1.54, 1.807) is 12.1 Å². The van der Waals surface area contributed by atoms with E-state index in [-0.39, 0.29) is 17.8 Å². The van der Waals surface area contributed by atoms with Gasteiger partial charge in [-0.25, -0.2) is 8.78 Å². The molecule has 5 heteroatoms. The van der Waals surface area contributed by atoms with Crippen LogP contribution in [0.1, 0.15) is 36.7 Å². The van der Waals surface area contributed by atoms with E-state index in [1.165, 1.54) is 0 Å². The number of nitrogens with zero attached hydrogens (tertiary/aromatic N) is 1. The van der Waals surface area contributed by atoms with E-state index < -0.39 is 18.9 Å². The molecule has 0 spiro atoms. The zero-order valence-corrected chi connectivity index (χ0v) is 12.8. The SMILES string of the molecule is CC(C)(C)c1ccccc1C(=O)N(CCCl)CC(F)F. The number of amides is 1. The second kappa shape index (κ2) is 7.02. The summed E-state index contributed by atoms with van der Waals surface area (Å²) in [6, 6.07) is 7.12. The highest BCUT2D eigenvalue weighted by atomic mass is 35.5. The minimum Gasteiger partial charge on any atom is -0.332 e. The summed E-state index contributed by atoms with van der Waals surface area (Å²) in [5.74, 6) is -0.257. The first-order valence-corrected chi connectivity index (χ1v) is 7.03. The standard InChI is InChI=1S/C15H20ClF2NO/c1-15(2,3)12-7-5-4-6-11(12)14(20)19(9-8-16)10-13(17)18/h4-7,13H,8-10H2,1-3H3. The average molecular weight is 304 g/mol. The quantitative estimate of drug-likeness (QED) is 0.755. The van der Waals surface area contributed by atoms with Crippen molar-refractivity contribution in [1.82, 2.24) is 4.90 Å². The summed E-state index contributed by atoms with van der Waals surface area (Å²) in [6.07, 6.45) is -2.57. The maximum absolute atomic E-state index is 12.6. The van der Waals surface area contributed by atoms with Gasteiger partial charge >= 0.3 is 0 Å². The summed E-state index contributed by atoms with van der Waals surface area (Å²) in [5.41, 5.74) is 1.08. The Morgan fingerprint density at radius 2 is 1.90 bits per heavy atom. The Labute approximate surface area is 123 Å². The van der Waals surface area contributed by atoms with Crippen molar-refractivity contribution in [1.29, 1.82) is 0 Å². The van der Waals surface area contributed by atoms with Gasteiger partial charge in [0.05, 0.1) is 6.54 Å². The van der Waals surface area contributed by atoms with Crippen LogP contribution < -0.4 is 0 Å². The number of alkyl halides is 3. The van der Waals surface area contributed by atoms with Gasteiger partial charge in [-0.2, -0.15) is 0 Å². The maximum atomic E-state index is 12.6. The normalized spacial score (nSPS) is 11.8. The number of halogens is 3. The molecule has 1 rings (SSSR count). The molecule has 0 heterocycles. The third-order valence-corrected chi connectivity index (χ3v) is 3.13. The molecular weight excluding hydrogens is 284 g/mol. The van der Waals surface area contributed by atoms with Crippen LogP contribution in [-0.4, -0.2) is 36.2 Å². The molecule has 2 nitrogen and oxygen atoms in total. The van der Waals surface area contributed by atoms with E-state index in [2.05, 4.69) is 0 Å². The fraction of sp³-hybridized carbons (Fsp3) is 0.533. The van der Waals surface area contributed by atoms with Gasteiger partial charge < -0.3 is 4.90 Å². The van der Waals surface area contributed by atoms with E-state index in [0.29, 0.717) is 5.56 Å². The van der Waals surface area contributed by atoms with Gasteiger partial charge in [-0.05, 0) is 17.0 Å². The summed E-state index contributed by atoms with van der Waals surface area (Å²) in [5, 5.41) is 0. The van der Waals surface area contributed by atoms with Gasteiger partial charge in [0.1, 0.15) is 0 Å². The Hall–Kier alpha value is -1.16. The van der Waals surface area contributed by atoms with Crippen LogP contribution >= 0.6 is 11.6 Å². The van der Waals surface area contributed by atoms with Gasteiger partial charge in [-0.1, -0.05) is 39.0 Å². The molecule has 1 amide bonds. The molecule has 0 atom stereocenters. The topological polar surface area (TPSA) is 20.3 Å². The number of benzene rings is 1. The van der Waals surface area contributed by atoms with Gasteiger partial charge in [0.2, 0.25) is 0 Å². The van der Waals surface area contributed by atoms with Crippen LogP contribution in [0.2, 0.25) is 0 Å². The van der Waals surface area contributed by atoms with Crippen molar-refractivity contribution < 1.29 is 13.6 Å². The Bertz CT molecular complexity index is 457. The highest BCUT2D eigenvalue weighted by Crippen LogP contribution is 2.26. The molecule has 0 bridgehead atoms. The Morgan fingerprint density at radius 1 is 1.30 bits per heavy atom. The molecule has 1 aromatic rings. The molecule has 0 saturated carbocycles. The minimum atomic E-state index is -2.57. The fourth-order valence-corrected chi connectivity index (χ4v) is 2.24. The van der Waals surface area contributed by atoms with Crippen molar-refractivity contribution in [2.45, 2.75) is 32.6 Å². The lowest BCUT2D eigenvalue weighted by Gasteiger charge is -2.26. The predicted octanol–water partition coefficient (Wildman–Crippen LogP) is 3.93. The fourth-order valence-electron chi connectivity index (χ4n) is 2.04. The molecular formula is C15H20ClF2NO. The predicted molar refractivity (Wildman–Crippen MR) is 77.8 cm³/mol. The lowest BCUT2D eigenvalue weighted by atomic mass is 9.83. The number of hydrogen-bond acceptors (Lipinski definition) is 1. The summed E-state index contributed by atoms with van der Waals surface area (Å²) in [6.45, 7) is 5.47. The van der Waals surface area contributed by atoms with Gasteiger partial charge in [0.25, 0.3) is 12.3 Å². The van der Waals surface area contributed by atoms with Crippen LogP contribution in [-0.2, 0) is 5.41 Å². The van der Waals surface area contributed by atoms with E-state index in [0.717, 1.165) is 10.5 Å². The van der Waals surface area contributed by atoms with Crippen LogP contribution in [0, 0.1) is 0 Å². The van der Waals surface area contributed by atoms with Crippen LogP contribution in [0.5, 0.6) is 0 Å². The summed E-state index contributed by atoms with van der Waals surface area (Å²) >= 11 is 5.60. The largest absolute Gasteiger partial charge is 0.332 e. The van der Waals surface area contributed by atoms with E-state index in [1.807, 2.05) is 32.9 Å². The molecule has 0 aliphatic heterocycles. The zero-order valence-electron chi connectivity index (χ0n) is 12.0. The smallest absolute Gasteiger partial charge is 0.255 e. The summed E-state index contributed by atoms with van der Waals surface area (Å²) in [4.78, 5) is 13.6. The average Bonchev–Trinajstić information content (AvgIpc) is 2.36. The summed E-state index contributed by atoms with van der Waals surface area (Å²) < 4.78 is 25.2. The van der Waals surface area contributed by atoms with Crippen LogP contribution in [0.4, 0.5) is 8.78 Å². The minimum absolute atomic E-state index is 0.114. The number of hydrogen-bond donors (Lipinski definition) is 0. The van der Waals surface area contributed by atoms with E-state index in [4.69, 9.17) is 11.6 Å². The van der Waals surface area contributed by atoms with Gasteiger partial charge in [0.15, 0.2) is 0 Å². The molecule has 0 saturated heterocycles. The van der Waals surface area contributed by atoms with Crippen LogP contribution in [0.25, 0.3) is 0 Å². The van der Waals surface area contributed by atoms with Crippen LogP contribution in [0.3, 0.4) is 0 Å². The number of carbonyl (C=O) groups is 1. The lowest BCUT2D eigenvalue weighted by Crippen LogP contribution is -2.37. The molecule has 112 valence electrons. The molecule has 0 fully saturated rings. The van der Waals surface area contributed by atoms with Crippen molar-refractivity contribution in [2.24, 2.45) is 0 Å². The molecule has 0 N–H and O–H groups in total. The Kier molecular flexibility index (Phi) is 5.93. The summed E-state index contributed by atoms with van der Waals surface area (Å²) in [7, 11) is 0. The van der Waals surface area contributed by atoms with Crippen molar-refractivity contribution in [2.75, 3.05) is 19.0 Å². The Morgan fingerprint density at radius 3 is 2.40 bits per heavy atom. The maximum Gasteiger partial charge on any atom is 0.255 e. The lowest BCUT2D eigenvalue weighted by molar-refractivity contribution is 0.0569. The molecule has 0 aliphatic rings. The second-order valence-electron chi connectivity index (χ2n) is 5.63. The Balaban J connectivity index is 3.12. The molecule has 0 unspecified atom stereocenters. The van der Waals surface area contributed by atoms with Crippen molar-refractivity contribution in [3.05, 3.63) is 35.4 Å². The number of rotatable bonds is 5. The third-order valence-electron chi connectivity index (χ3n) is 2.97. The zero-order chi connectivity index (χ0) is 15.3. The molecule has 0 aromatic heterocycles. The molecule has 0 aliphatic carbocycles. The van der Waals surface area contributed by atoms with Crippen molar-refractivity contribution in [3.63, 3.8) is 0 Å².